The van der Waals surface area contributed by atoms with Gasteiger partial charge in [0.2, 0.25) is 5.24 Å². The van der Waals surface area contributed by atoms with Gasteiger partial charge in [0.15, 0.2) is 0 Å². The molecule has 0 amide bonds. The van der Waals surface area contributed by atoms with Gasteiger partial charge in [-0.15, -0.1) is 11.3 Å². The summed E-state index contributed by atoms with van der Waals surface area (Å²) in [7, 11) is 0. The molecule has 2 heterocycles. The second kappa shape index (κ2) is 6.12. The number of hydrogen-bond acceptors (Lipinski definition) is 4. The fourth-order valence-corrected chi connectivity index (χ4v) is 2.54. The predicted octanol–water partition coefficient (Wildman–Crippen LogP) is 2.69. The molecule has 19 heavy (non-hydrogen) atoms. The van der Waals surface area contributed by atoms with Crippen LogP contribution < -0.4 is 5.56 Å². The number of carbonyl (C=O) groups is 1. The maximum Gasteiger partial charge on any atom is 0.269 e. The van der Waals surface area contributed by atoms with E-state index in [1.54, 1.807) is 17.4 Å². The van der Waals surface area contributed by atoms with Crippen LogP contribution in [0.15, 0.2) is 28.4 Å². The maximum atomic E-state index is 12.1. The lowest BCUT2D eigenvalue weighted by atomic mass is 10.1. The van der Waals surface area contributed by atoms with Gasteiger partial charge in [0.1, 0.15) is 5.69 Å². The number of aryl methyl sites for hydroxylation is 2. The Kier molecular flexibility index (Phi) is 4.50. The van der Waals surface area contributed by atoms with E-state index in [0.717, 1.165) is 10.6 Å². The van der Waals surface area contributed by atoms with Crippen molar-refractivity contribution < 1.29 is 4.79 Å². The lowest BCUT2D eigenvalue weighted by Gasteiger charge is -2.07. The second-order valence-electron chi connectivity index (χ2n) is 4.01. The van der Waals surface area contributed by atoms with Crippen molar-refractivity contribution in [2.24, 2.45) is 0 Å². The molecular formula is C13H13ClN2O2S. The van der Waals surface area contributed by atoms with Gasteiger partial charge >= 0.3 is 0 Å². The minimum Gasteiger partial charge on any atom is -0.281 e. The van der Waals surface area contributed by atoms with Crippen LogP contribution in [-0.4, -0.2) is 15.0 Å². The van der Waals surface area contributed by atoms with E-state index in [9.17, 15) is 9.59 Å². The standard InChI is InChI=1S/C13H13ClN2O2S/c1-2-16-13(18)9(5-6-12(14)17)8-10(15-16)11-4-3-7-19-11/h3-4,7-8H,2,5-6H2,1H3. The first kappa shape index (κ1) is 14.0. The zero-order valence-electron chi connectivity index (χ0n) is 10.4. The van der Waals surface area contributed by atoms with Crippen LogP contribution in [0.1, 0.15) is 18.9 Å². The Bertz CT molecular complexity index is 635. The summed E-state index contributed by atoms with van der Waals surface area (Å²) in [6, 6.07) is 5.64. The van der Waals surface area contributed by atoms with E-state index in [2.05, 4.69) is 5.10 Å². The van der Waals surface area contributed by atoms with Gasteiger partial charge in [-0.3, -0.25) is 9.59 Å². The Morgan fingerprint density at radius 3 is 2.89 bits per heavy atom. The fraction of sp³-hybridized carbons (Fsp3) is 0.308. The van der Waals surface area contributed by atoms with Crippen LogP contribution in [-0.2, 0) is 17.8 Å². The third-order valence-corrected chi connectivity index (χ3v) is 3.79. The van der Waals surface area contributed by atoms with Crippen molar-refractivity contribution in [3.63, 3.8) is 0 Å². The van der Waals surface area contributed by atoms with E-state index < -0.39 is 5.24 Å². The minimum absolute atomic E-state index is 0.152. The number of thiophene rings is 1. The van der Waals surface area contributed by atoms with Crippen LogP contribution in [0.3, 0.4) is 0 Å². The SMILES string of the molecule is CCn1nc(-c2cccs2)cc(CCC(=O)Cl)c1=O. The molecule has 0 bridgehead atoms. The lowest BCUT2D eigenvalue weighted by molar-refractivity contribution is -0.111. The van der Waals surface area contributed by atoms with Crippen LogP contribution >= 0.6 is 22.9 Å². The number of halogens is 1. The number of nitrogens with zero attached hydrogens (tertiary/aromatic N) is 2. The van der Waals surface area contributed by atoms with Crippen molar-refractivity contribution in [3.8, 4) is 10.6 Å². The third-order valence-electron chi connectivity index (χ3n) is 2.71. The van der Waals surface area contributed by atoms with Crippen molar-refractivity contribution in [2.75, 3.05) is 0 Å². The summed E-state index contributed by atoms with van der Waals surface area (Å²) in [4.78, 5) is 23.9. The van der Waals surface area contributed by atoms with E-state index in [-0.39, 0.29) is 12.0 Å². The molecule has 0 aromatic carbocycles. The van der Waals surface area contributed by atoms with Crippen LogP contribution in [0, 0.1) is 0 Å². The van der Waals surface area contributed by atoms with E-state index in [1.807, 2.05) is 24.4 Å². The Hall–Kier alpha value is -1.46. The highest BCUT2D eigenvalue weighted by atomic mass is 35.5. The van der Waals surface area contributed by atoms with Crippen molar-refractivity contribution in [3.05, 3.63) is 39.5 Å². The zero-order chi connectivity index (χ0) is 13.8. The molecule has 0 fully saturated rings. The van der Waals surface area contributed by atoms with Gasteiger partial charge < -0.3 is 0 Å². The number of rotatable bonds is 5. The molecule has 6 heteroatoms. The molecule has 0 unspecified atom stereocenters. The van der Waals surface area contributed by atoms with Gasteiger partial charge in [0.05, 0.1) is 4.88 Å². The average Bonchev–Trinajstić information content (AvgIpc) is 2.91. The molecule has 0 spiro atoms. The lowest BCUT2D eigenvalue weighted by Crippen LogP contribution is -2.26. The average molecular weight is 297 g/mol. The fourth-order valence-electron chi connectivity index (χ4n) is 1.77. The van der Waals surface area contributed by atoms with Crippen LogP contribution in [0.4, 0.5) is 0 Å². The van der Waals surface area contributed by atoms with Crippen molar-refractivity contribution >= 4 is 28.2 Å². The van der Waals surface area contributed by atoms with Gasteiger partial charge in [-0.1, -0.05) is 6.07 Å². The molecule has 0 saturated carbocycles. The Balaban J connectivity index is 2.44. The molecule has 0 N–H and O–H groups in total. The van der Waals surface area contributed by atoms with Gasteiger partial charge in [0.25, 0.3) is 5.56 Å². The summed E-state index contributed by atoms with van der Waals surface area (Å²) in [6.45, 7) is 2.36. The Labute approximate surface area is 119 Å². The van der Waals surface area contributed by atoms with Crippen molar-refractivity contribution in [1.29, 1.82) is 0 Å². The summed E-state index contributed by atoms with van der Waals surface area (Å²) in [5, 5.41) is 5.84. The number of aromatic nitrogens is 2. The first-order valence-electron chi connectivity index (χ1n) is 5.95. The maximum absolute atomic E-state index is 12.1. The highest BCUT2D eigenvalue weighted by Gasteiger charge is 2.10. The molecular weight excluding hydrogens is 284 g/mol. The largest absolute Gasteiger partial charge is 0.281 e. The molecule has 2 aromatic heterocycles. The van der Waals surface area contributed by atoms with E-state index in [4.69, 9.17) is 11.6 Å². The van der Waals surface area contributed by atoms with E-state index in [0.29, 0.717) is 18.5 Å². The highest BCUT2D eigenvalue weighted by Crippen LogP contribution is 2.22. The minimum atomic E-state index is -0.433. The zero-order valence-corrected chi connectivity index (χ0v) is 12.0. The number of hydrogen-bond donors (Lipinski definition) is 0. The van der Waals surface area contributed by atoms with Gasteiger partial charge in [-0.2, -0.15) is 5.10 Å². The molecule has 2 aromatic rings. The molecule has 4 nitrogen and oxygen atoms in total. The van der Waals surface area contributed by atoms with Gasteiger partial charge in [0, 0.05) is 18.5 Å². The summed E-state index contributed by atoms with van der Waals surface area (Å²) in [6.07, 6.45) is 0.510. The highest BCUT2D eigenvalue weighted by molar-refractivity contribution is 7.13. The molecule has 0 saturated heterocycles. The molecule has 0 aliphatic heterocycles. The molecule has 0 aliphatic carbocycles. The van der Waals surface area contributed by atoms with Gasteiger partial charge in [-0.05, 0) is 42.5 Å². The van der Waals surface area contributed by atoms with Gasteiger partial charge in [-0.25, -0.2) is 4.68 Å². The number of carbonyl (C=O) groups excluding carboxylic acids is 1. The van der Waals surface area contributed by atoms with Crippen molar-refractivity contribution in [2.45, 2.75) is 26.3 Å². The smallest absolute Gasteiger partial charge is 0.269 e. The third kappa shape index (κ3) is 3.30. The van der Waals surface area contributed by atoms with E-state index in [1.165, 1.54) is 4.68 Å². The summed E-state index contributed by atoms with van der Waals surface area (Å²) in [5.41, 5.74) is 1.18. The summed E-state index contributed by atoms with van der Waals surface area (Å²) in [5.74, 6) is 0. The summed E-state index contributed by atoms with van der Waals surface area (Å²) >= 11 is 6.89. The van der Waals surface area contributed by atoms with Crippen molar-refractivity contribution in [1.82, 2.24) is 9.78 Å². The van der Waals surface area contributed by atoms with Crippen LogP contribution in [0.5, 0.6) is 0 Å². The topological polar surface area (TPSA) is 52.0 Å². The molecule has 100 valence electrons. The second-order valence-corrected chi connectivity index (χ2v) is 5.38. The first-order chi connectivity index (χ1) is 9.11. The normalized spacial score (nSPS) is 10.6. The Morgan fingerprint density at radius 2 is 2.32 bits per heavy atom. The van der Waals surface area contributed by atoms with Crippen LogP contribution in [0.2, 0.25) is 0 Å². The monoisotopic (exact) mass is 296 g/mol. The molecule has 2 rings (SSSR count). The predicted molar refractivity (Wildman–Crippen MR) is 76.7 cm³/mol. The molecule has 0 radical (unpaired) electrons. The summed E-state index contributed by atoms with van der Waals surface area (Å²) < 4.78 is 1.42. The van der Waals surface area contributed by atoms with Crippen LogP contribution in [0.25, 0.3) is 10.6 Å². The molecule has 0 aliphatic rings. The quantitative estimate of drug-likeness (QED) is 0.797. The molecule has 0 atom stereocenters. The Morgan fingerprint density at radius 1 is 1.53 bits per heavy atom. The first-order valence-corrected chi connectivity index (χ1v) is 7.21. The van der Waals surface area contributed by atoms with E-state index >= 15 is 0 Å².